The fourth-order valence-corrected chi connectivity index (χ4v) is 3.72. The molecule has 1 aromatic heterocycles. The molecule has 2 heterocycles. The fraction of sp³-hybridized carbons (Fsp3) is 0.300. The summed E-state index contributed by atoms with van der Waals surface area (Å²) in [6, 6.07) is 16.3. The van der Waals surface area contributed by atoms with E-state index < -0.39 is 0 Å². The molecule has 122 valence electrons. The summed E-state index contributed by atoms with van der Waals surface area (Å²) in [7, 11) is 0. The number of para-hydroxylation sites is 3. The van der Waals surface area contributed by atoms with Gasteiger partial charge in [0.1, 0.15) is 5.82 Å². The normalized spacial score (nSPS) is 17.8. The number of imidazole rings is 1. The molecule has 1 fully saturated rings. The largest absolute Gasteiger partial charge is 0.328 e. The quantitative estimate of drug-likeness (QED) is 0.734. The molecule has 0 saturated carbocycles. The van der Waals surface area contributed by atoms with Crippen LogP contribution in [-0.4, -0.2) is 22.0 Å². The third-order valence-corrected chi connectivity index (χ3v) is 4.90. The van der Waals surface area contributed by atoms with Crippen LogP contribution in [0.25, 0.3) is 11.0 Å². The van der Waals surface area contributed by atoms with E-state index in [9.17, 15) is 4.79 Å². The first-order chi connectivity index (χ1) is 11.7. The average molecular weight is 319 g/mol. The molecule has 0 N–H and O–H groups in total. The number of nitrogens with zero attached hydrogens (tertiary/aromatic N) is 3. The van der Waals surface area contributed by atoms with Gasteiger partial charge in [-0.05, 0) is 37.6 Å². The molecule has 1 aliphatic heterocycles. The smallest absolute Gasteiger partial charge is 0.227 e. The first-order valence-corrected chi connectivity index (χ1v) is 8.50. The molecule has 4 rings (SSSR count). The summed E-state index contributed by atoms with van der Waals surface area (Å²) in [5.74, 6) is 1.36. The van der Waals surface area contributed by atoms with E-state index in [4.69, 9.17) is 4.98 Å². The van der Waals surface area contributed by atoms with Crippen LogP contribution in [0.4, 0.5) is 5.69 Å². The minimum absolute atomic E-state index is 0.143. The number of aromatic nitrogens is 2. The Hall–Kier alpha value is -2.62. The van der Waals surface area contributed by atoms with Gasteiger partial charge >= 0.3 is 0 Å². The molecule has 1 saturated heterocycles. The third-order valence-electron chi connectivity index (χ3n) is 4.90. The van der Waals surface area contributed by atoms with E-state index in [2.05, 4.69) is 30.5 Å². The van der Waals surface area contributed by atoms with Crippen LogP contribution >= 0.6 is 0 Å². The van der Waals surface area contributed by atoms with Crippen molar-refractivity contribution in [1.29, 1.82) is 0 Å². The van der Waals surface area contributed by atoms with Crippen molar-refractivity contribution in [2.45, 2.75) is 32.7 Å². The van der Waals surface area contributed by atoms with Crippen LogP contribution in [0.1, 0.15) is 30.7 Å². The van der Waals surface area contributed by atoms with Crippen LogP contribution in [0.2, 0.25) is 0 Å². The highest BCUT2D eigenvalue weighted by atomic mass is 16.2. The average Bonchev–Trinajstić information content (AvgIpc) is 3.15. The highest BCUT2D eigenvalue weighted by molar-refractivity contribution is 5.97. The fourth-order valence-electron chi connectivity index (χ4n) is 3.72. The molecule has 0 spiro atoms. The van der Waals surface area contributed by atoms with Gasteiger partial charge < -0.3 is 9.47 Å². The lowest BCUT2D eigenvalue weighted by Crippen LogP contribution is -2.25. The van der Waals surface area contributed by atoms with E-state index in [-0.39, 0.29) is 11.8 Å². The van der Waals surface area contributed by atoms with Gasteiger partial charge in [-0.3, -0.25) is 4.79 Å². The van der Waals surface area contributed by atoms with Crippen molar-refractivity contribution in [3.63, 3.8) is 0 Å². The second-order valence-electron chi connectivity index (χ2n) is 6.39. The molecular formula is C20H21N3O. The Kier molecular flexibility index (Phi) is 3.60. The van der Waals surface area contributed by atoms with Crippen LogP contribution in [0.15, 0.2) is 48.5 Å². The Balaban J connectivity index is 1.72. The SMILES string of the molecule is CCn1c(C2CC(=O)N(c3ccccc3C)C2)nc2ccccc21. The minimum Gasteiger partial charge on any atom is -0.328 e. The molecule has 1 aliphatic rings. The summed E-state index contributed by atoms with van der Waals surface area (Å²) >= 11 is 0. The maximum Gasteiger partial charge on any atom is 0.227 e. The maximum absolute atomic E-state index is 12.6. The number of carbonyl (C=O) groups excluding carboxylic acids is 1. The summed E-state index contributed by atoms with van der Waals surface area (Å²) in [6.07, 6.45) is 0.525. The van der Waals surface area contributed by atoms with Crippen LogP contribution in [0, 0.1) is 6.92 Å². The molecule has 4 heteroatoms. The standard InChI is InChI=1S/C20H21N3O/c1-3-22-18-11-7-5-9-16(18)21-20(22)15-12-19(24)23(13-15)17-10-6-4-8-14(17)2/h4-11,15H,3,12-13H2,1-2H3. The highest BCUT2D eigenvalue weighted by Gasteiger charge is 2.35. The molecule has 1 amide bonds. The Morgan fingerprint density at radius 2 is 1.88 bits per heavy atom. The molecule has 3 aromatic rings. The van der Waals surface area contributed by atoms with Crippen molar-refractivity contribution < 1.29 is 4.79 Å². The van der Waals surface area contributed by atoms with E-state index in [1.165, 1.54) is 0 Å². The molecule has 0 radical (unpaired) electrons. The summed E-state index contributed by atoms with van der Waals surface area (Å²) in [6.45, 7) is 5.75. The summed E-state index contributed by atoms with van der Waals surface area (Å²) in [5.41, 5.74) is 4.31. The summed E-state index contributed by atoms with van der Waals surface area (Å²) in [5, 5.41) is 0. The second kappa shape index (κ2) is 5.78. The first kappa shape index (κ1) is 14.9. The number of aryl methyl sites for hydroxylation is 2. The van der Waals surface area contributed by atoms with Gasteiger partial charge in [-0.15, -0.1) is 0 Å². The van der Waals surface area contributed by atoms with Crippen LogP contribution in [0.3, 0.4) is 0 Å². The van der Waals surface area contributed by atoms with Gasteiger partial charge in [0.2, 0.25) is 5.91 Å². The Morgan fingerprint density at radius 1 is 1.12 bits per heavy atom. The zero-order valence-corrected chi connectivity index (χ0v) is 14.1. The molecule has 24 heavy (non-hydrogen) atoms. The van der Waals surface area contributed by atoms with Gasteiger partial charge in [0, 0.05) is 31.1 Å². The first-order valence-electron chi connectivity index (χ1n) is 8.50. The number of benzene rings is 2. The molecule has 1 atom stereocenters. The van der Waals surface area contributed by atoms with Gasteiger partial charge in [-0.25, -0.2) is 4.98 Å². The monoisotopic (exact) mass is 319 g/mol. The van der Waals surface area contributed by atoms with E-state index >= 15 is 0 Å². The predicted octanol–water partition coefficient (Wildman–Crippen LogP) is 3.89. The van der Waals surface area contributed by atoms with Crippen molar-refractivity contribution in [3.8, 4) is 0 Å². The van der Waals surface area contributed by atoms with Gasteiger partial charge in [-0.2, -0.15) is 0 Å². The topological polar surface area (TPSA) is 38.1 Å². The molecule has 0 aliphatic carbocycles. The lowest BCUT2D eigenvalue weighted by Gasteiger charge is -2.19. The van der Waals surface area contributed by atoms with E-state index in [0.717, 1.165) is 34.7 Å². The number of carbonyl (C=O) groups is 1. The third kappa shape index (κ3) is 2.30. The number of amides is 1. The minimum atomic E-state index is 0.143. The van der Waals surface area contributed by atoms with Crippen LogP contribution in [0.5, 0.6) is 0 Å². The van der Waals surface area contributed by atoms with Crippen LogP contribution in [-0.2, 0) is 11.3 Å². The van der Waals surface area contributed by atoms with E-state index in [0.29, 0.717) is 13.0 Å². The van der Waals surface area contributed by atoms with Crippen molar-refractivity contribution in [2.75, 3.05) is 11.4 Å². The van der Waals surface area contributed by atoms with Gasteiger partial charge in [0.05, 0.1) is 11.0 Å². The predicted molar refractivity (Wildman–Crippen MR) is 96.3 cm³/mol. The van der Waals surface area contributed by atoms with E-state index in [1.54, 1.807) is 0 Å². The Labute approximate surface area is 141 Å². The van der Waals surface area contributed by atoms with Gasteiger partial charge in [-0.1, -0.05) is 30.3 Å². The Bertz CT molecular complexity index is 912. The van der Waals surface area contributed by atoms with Crippen molar-refractivity contribution >= 4 is 22.6 Å². The van der Waals surface area contributed by atoms with Gasteiger partial charge in [0.25, 0.3) is 0 Å². The molecular weight excluding hydrogens is 298 g/mol. The molecule has 4 nitrogen and oxygen atoms in total. The lowest BCUT2D eigenvalue weighted by atomic mass is 10.1. The molecule has 1 unspecified atom stereocenters. The highest BCUT2D eigenvalue weighted by Crippen LogP contribution is 2.34. The van der Waals surface area contributed by atoms with Crippen molar-refractivity contribution in [2.24, 2.45) is 0 Å². The zero-order valence-electron chi connectivity index (χ0n) is 14.1. The van der Waals surface area contributed by atoms with E-state index in [1.807, 2.05) is 41.3 Å². The Morgan fingerprint density at radius 3 is 2.67 bits per heavy atom. The number of rotatable bonds is 3. The second-order valence-corrected chi connectivity index (χ2v) is 6.39. The maximum atomic E-state index is 12.6. The molecule has 0 bridgehead atoms. The van der Waals surface area contributed by atoms with Crippen molar-refractivity contribution in [3.05, 3.63) is 59.9 Å². The lowest BCUT2D eigenvalue weighted by molar-refractivity contribution is -0.117. The number of anilines is 1. The van der Waals surface area contributed by atoms with Crippen molar-refractivity contribution in [1.82, 2.24) is 9.55 Å². The zero-order chi connectivity index (χ0) is 16.7. The van der Waals surface area contributed by atoms with Gasteiger partial charge in [0.15, 0.2) is 0 Å². The summed E-state index contributed by atoms with van der Waals surface area (Å²) in [4.78, 5) is 19.4. The summed E-state index contributed by atoms with van der Waals surface area (Å²) < 4.78 is 2.24. The number of hydrogen-bond acceptors (Lipinski definition) is 2. The van der Waals surface area contributed by atoms with Crippen LogP contribution < -0.4 is 4.90 Å². The number of fused-ring (bicyclic) bond motifs is 1. The molecule has 2 aromatic carbocycles. The number of hydrogen-bond donors (Lipinski definition) is 0.